The molecule has 49 heavy (non-hydrogen) atoms. The van der Waals surface area contributed by atoms with E-state index in [9.17, 15) is 9.90 Å². The molecule has 9 nitrogen and oxygen atoms in total. The van der Waals surface area contributed by atoms with Crippen molar-refractivity contribution in [3.63, 3.8) is 0 Å². The summed E-state index contributed by atoms with van der Waals surface area (Å²) < 4.78 is 6.18. The number of hydrogen-bond donors (Lipinski definition) is 2. The molecule has 9 heteroatoms. The molecule has 250 valence electrons. The van der Waals surface area contributed by atoms with Crippen LogP contribution in [0.25, 0.3) is 10.9 Å². The molecule has 0 aliphatic rings. The van der Waals surface area contributed by atoms with Gasteiger partial charge >= 0.3 is 0 Å². The Hall–Kier alpha value is -5.67. The van der Waals surface area contributed by atoms with Gasteiger partial charge in [-0.25, -0.2) is 4.99 Å². The SMILES string of the molecule is CCC(=O)N(CCCN(C)C)c1ccc(N=C(c2coc(N(Cc3ccccc3)Cc3ccccc3)n2)c2c(O)[nH]c3ccccc23)cc1. The summed E-state index contributed by atoms with van der Waals surface area (Å²) >= 11 is 0. The van der Waals surface area contributed by atoms with Crippen molar-refractivity contribution in [2.75, 3.05) is 37.0 Å². The van der Waals surface area contributed by atoms with Crippen molar-refractivity contribution in [2.45, 2.75) is 32.9 Å². The van der Waals surface area contributed by atoms with E-state index in [2.05, 4.69) is 39.0 Å². The largest absolute Gasteiger partial charge is 0.494 e. The summed E-state index contributed by atoms with van der Waals surface area (Å²) in [6.07, 6.45) is 2.88. The number of para-hydroxylation sites is 1. The summed E-state index contributed by atoms with van der Waals surface area (Å²) in [6, 6.07) is 36.2. The van der Waals surface area contributed by atoms with E-state index >= 15 is 0 Å². The maximum absolute atomic E-state index is 12.9. The van der Waals surface area contributed by atoms with Crippen LogP contribution in [-0.4, -0.2) is 58.8 Å². The van der Waals surface area contributed by atoms with Crippen molar-refractivity contribution >= 4 is 39.9 Å². The Kier molecular flexibility index (Phi) is 10.5. The molecule has 6 aromatic rings. The van der Waals surface area contributed by atoms with E-state index in [1.807, 2.05) is 111 Å². The average molecular weight is 655 g/mol. The molecule has 0 aliphatic heterocycles. The van der Waals surface area contributed by atoms with Gasteiger partial charge in [-0.3, -0.25) is 4.79 Å². The number of hydrogen-bond acceptors (Lipinski definition) is 7. The van der Waals surface area contributed by atoms with Gasteiger partial charge in [0.25, 0.3) is 6.01 Å². The number of oxazole rings is 1. The second-order valence-corrected chi connectivity index (χ2v) is 12.3. The molecule has 2 N–H and O–H groups in total. The number of aromatic nitrogens is 2. The van der Waals surface area contributed by atoms with E-state index < -0.39 is 0 Å². The fourth-order valence-electron chi connectivity index (χ4n) is 5.90. The van der Waals surface area contributed by atoms with E-state index in [0.29, 0.717) is 54.7 Å². The zero-order valence-corrected chi connectivity index (χ0v) is 28.2. The summed E-state index contributed by atoms with van der Waals surface area (Å²) in [5.74, 6) is 0.0669. The highest BCUT2D eigenvalue weighted by molar-refractivity contribution is 6.21. The predicted molar refractivity (Wildman–Crippen MR) is 197 cm³/mol. The van der Waals surface area contributed by atoms with Crippen LogP contribution in [0.3, 0.4) is 0 Å². The number of rotatable bonds is 14. The molecule has 0 fully saturated rings. The van der Waals surface area contributed by atoms with Crippen molar-refractivity contribution < 1.29 is 14.3 Å². The van der Waals surface area contributed by atoms with E-state index in [4.69, 9.17) is 14.4 Å². The lowest BCUT2D eigenvalue weighted by Gasteiger charge is -2.23. The molecule has 2 aromatic heterocycles. The fourth-order valence-corrected chi connectivity index (χ4v) is 5.90. The van der Waals surface area contributed by atoms with Gasteiger partial charge in [0.05, 0.1) is 11.3 Å². The molecule has 0 unspecified atom stereocenters. The molecule has 0 atom stereocenters. The minimum Gasteiger partial charge on any atom is -0.494 e. The first-order valence-corrected chi connectivity index (χ1v) is 16.6. The molecule has 1 amide bonds. The fraction of sp³-hybridized carbons (Fsp3) is 0.225. The summed E-state index contributed by atoms with van der Waals surface area (Å²) in [4.78, 5) is 32.0. The molecule has 6 rings (SSSR count). The number of aromatic amines is 1. The molecule has 2 heterocycles. The third-order valence-electron chi connectivity index (χ3n) is 8.35. The van der Waals surface area contributed by atoms with Crippen LogP contribution in [0.15, 0.2) is 125 Å². The minimum atomic E-state index is -0.00726. The number of benzene rings is 4. The van der Waals surface area contributed by atoms with Crippen LogP contribution in [0.2, 0.25) is 0 Å². The summed E-state index contributed by atoms with van der Waals surface area (Å²) in [7, 11) is 4.06. The van der Waals surface area contributed by atoms with Gasteiger partial charge in [0, 0.05) is 42.6 Å². The van der Waals surface area contributed by atoms with Crippen LogP contribution < -0.4 is 9.80 Å². The number of carbonyl (C=O) groups is 1. The number of H-pyrrole nitrogens is 1. The van der Waals surface area contributed by atoms with Gasteiger partial charge < -0.3 is 29.2 Å². The van der Waals surface area contributed by atoms with Crippen molar-refractivity contribution in [2.24, 2.45) is 4.99 Å². The molecule has 0 saturated carbocycles. The normalized spacial score (nSPS) is 11.7. The molecule has 4 aromatic carbocycles. The van der Waals surface area contributed by atoms with Gasteiger partial charge in [-0.2, -0.15) is 4.98 Å². The third-order valence-corrected chi connectivity index (χ3v) is 8.35. The van der Waals surface area contributed by atoms with Crippen LogP contribution in [0.4, 0.5) is 17.4 Å². The number of nitrogens with zero attached hydrogens (tertiary/aromatic N) is 5. The molecule has 0 saturated heterocycles. The van der Waals surface area contributed by atoms with E-state index in [0.717, 1.165) is 40.7 Å². The van der Waals surface area contributed by atoms with E-state index in [1.165, 1.54) is 0 Å². The van der Waals surface area contributed by atoms with Crippen molar-refractivity contribution in [1.82, 2.24) is 14.9 Å². The highest BCUT2D eigenvalue weighted by Crippen LogP contribution is 2.33. The molecular weight excluding hydrogens is 612 g/mol. The smallest absolute Gasteiger partial charge is 0.298 e. The first-order chi connectivity index (χ1) is 23.9. The van der Waals surface area contributed by atoms with Crippen molar-refractivity contribution in [3.05, 3.63) is 138 Å². The van der Waals surface area contributed by atoms with E-state index in [1.54, 1.807) is 6.26 Å². The van der Waals surface area contributed by atoms with Gasteiger partial charge in [-0.05, 0) is 68.5 Å². The van der Waals surface area contributed by atoms with Crippen LogP contribution >= 0.6 is 0 Å². The van der Waals surface area contributed by atoms with Gasteiger partial charge in [0.1, 0.15) is 17.7 Å². The number of nitrogens with one attached hydrogen (secondary N) is 1. The first kappa shape index (κ1) is 33.2. The zero-order valence-electron chi connectivity index (χ0n) is 28.2. The minimum absolute atomic E-state index is 0.00726. The molecule has 0 spiro atoms. The highest BCUT2D eigenvalue weighted by Gasteiger charge is 2.24. The lowest BCUT2D eigenvalue weighted by atomic mass is 10.1. The Morgan fingerprint density at radius 1 is 0.837 bits per heavy atom. The Balaban J connectivity index is 1.39. The lowest BCUT2D eigenvalue weighted by molar-refractivity contribution is -0.118. The second kappa shape index (κ2) is 15.5. The molecule has 0 radical (unpaired) electrons. The summed E-state index contributed by atoms with van der Waals surface area (Å²) in [5.41, 5.74) is 5.98. The second-order valence-electron chi connectivity index (χ2n) is 12.3. The van der Waals surface area contributed by atoms with Crippen molar-refractivity contribution in [1.29, 1.82) is 0 Å². The Labute approximate surface area is 287 Å². The predicted octanol–water partition coefficient (Wildman–Crippen LogP) is 7.93. The molecule has 0 bridgehead atoms. The maximum Gasteiger partial charge on any atom is 0.298 e. The number of aliphatic imine (C=N–C) groups is 1. The molecule has 0 aliphatic carbocycles. The third kappa shape index (κ3) is 8.08. The van der Waals surface area contributed by atoms with Gasteiger partial charge in [-0.15, -0.1) is 0 Å². The Bertz CT molecular complexity index is 1960. The van der Waals surface area contributed by atoms with Gasteiger partial charge in [0.15, 0.2) is 5.88 Å². The number of anilines is 2. The topological polar surface area (TPSA) is 101 Å². The van der Waals surface area contributed by atoms with Crippen molar-refractivity contribution in [3.8, 4) is 5.88 Å². The van der Waals surface area contributed by atoms with Gasteiger partial charge in [-0.1, -0.05) is 85.8 Å². The molecular formula is C40H42N6O3. The monoisotopic (exact) mass is 654 g/mol. The maximum atomic E-state index is 12.9. The van der Waals surface area contributed by atoms with Crippen LogP contribution in [0, 0.1) is 0 Å². The van der Waals surface area contributed by atoms with Crippen LogP contribution in [0.5, 0.6) is 5.88 Å². The number of aromatic hydroxyl groups is 1. The first-order valence-electron chi connectivity index (χ1n) is 16.6. The number of carbonyl (C=O) groups excluding carboxylic acids is 1. The number of fused-ring (bicyclic) bond motifs is 1. The quantitative estimate of drug-likeness (QED) is 0.116. The summed E-state index contributed by atoms with van der Waals surface area (Å²) in [5, 5.41) is 12.0. The highest BCUT2D eigenvalue weighted by atomic mass is 16.4. The lowest BCUT2D eigenvalue weighted by Crippen LogP contribution is -2.32. The van der Waals surface area contributed by atoms with Gasteiger partial charge in [0.2, 0.25) is 5.91 Å². The Morgan fingerprint density at radius 3 is 2.10 bits per heavy atom. The van der Waals surface area contributed by atoms with Crippen LogP contribution in [-0.2, 0) is 17.9 Å². The van der Waals surface area contributed by atoms with E-state index in [-0.39, 0.29) is 11.8 Å². The number of amides is 1. The zero-order chi connectivity index (χ0) is 34.2. The standard InChI is InChI=1S/C40H42N6O3/c1-4-36(47)46(25-13-24-44(2)3)32-22-20-31(21-23-32)41-38(37-33-18-11-12-19-34(33)42-39(37)48)35-28-49-40(43-35)45(26-29-14-7-5-8-15-29)27-30-16-9-6-10-17-30/h5-12,14-23,28,42,48H,4,13,24-27H2,1-3H3. The Morgan fingerprint density at radius 2 is 1.47 bits per heavy atom. The van der Waals surface area contributed by atoms with Crippen LogP contribution in [0.1, 0.15) is 42.1 Å². The average Bonchev–Trinajstić information content (AvgIpc) is 3.74. The summed E-state index contributed by atoms with van der Waals surface area (Å²) in [6.45, 7) is 4.58.